The fourth-order valence-corrected chi connectivity index (χ4v) is 1.92. The highest BCUT2D eigenvalue weighted by Gasteiger charge is 2.28. The summed E-state index contributed by atoms with van der Waals surface area (Å²) in [5.41, 5.74) is 0.796. The normalized spacial score (nSPS) is 14.6. The number of nitrogens with one attached hydrogen (secondary N) is 1. The fraction of sp³-hybridized carbons (Fsp3) is 0.667. The Morgan fingerprint density at radius 1 is 1.24 bits per heavy atom. The molecule has 1 aromatic heterocycles. The van der Waals surface area contributed by atoms with E-state index >= 15 is 0 Å². The molecule has 0 aliphatic heterocycles. The first-order valence-electron chi connectivity index (χ1n) is 7.26. The van der Waals surface area contributed by atoms with Gasteiger partial charge in [-0.3, -0.25) is 0 Å². The van der Waals surface area contributed by atoms with E-state index in [-0.39, 0.29) is 5.88 Å². The zero-order chi connectivity index (χ0) is 15.9. The summed E-state index contributed by atoms with van der Waals surface area (Å²) >= 11 is 0. The monoisotopic (exact) mass is 304 g/mol. The third-order valence-electron chi connectivity index (χ3n) is 3.37. The minimum atomic E-state index is -4.35. The lowest BCUT2D eigenvalue weighted by Crippen LogP contribution is -2.21. The van der Waals surface area contributed by atoms with E-state index in [4.69, 9.17) is 0 Å². The van der Waals surface area contributed by atoms with Crippen molar-refractivity contribution in [2.45, 2.75) is 52.3 Å². The quantitative estimate of drug-likeness (QED) is 0.759. The number of ether oxygens (including phenoxy) is 1. The van der Waals surface area contributed by atoms with Crippen LogP contribution in [0.15, 0.2) is 18.3 Å². The van der Waals surface area contributed by atoms with Crippen molar-refractivity contribution in [3.63, 3.8) is 0 Å². The van der Waals surface area contributed by atoms with Gasteiger partial charge in [0.05, 0.1) is 11.9 Å². The first-order chi connectivity index (χ1) is 9.84. The van der Waals surface area contributed by atoms with Gasteiger partial charge in [-0.1, -0.05) is 27.2 Å². The Labute approximate surface area is 123 Å². The maximum absolute atomic E-state index is 12.0. The van der Waals surface area contributed by atoms with Gasteiger partial charge >= 0.3 is 6.18 Å². The summed E-state index contributed by atoms with van der Waals surface area (Å²) in [7, 11) is 0. The third-order valence-corrected chi connectivity index (χ3v) is 3.37. The van der Waals surface area contributed by atoms with E-state index in [2.05, 4.69) is 35.8 Å². The molecule has 2 atom stereocenters. The van der Waals surface area contributed by atoms with Crippen LogP contribution in [-0.2, 0) is 0 Å². The van der Waals surface area contributed by atoms with Crippen molar-refractivity contribution in [3.8, 4) is 5.88 Å². The lowest BCUT2D eigenvalue weighted by Gasteiger charge is -2.21. The van der Waals surface area contributed by atoms with E-state index in [1.54, 1.807) is 6.07 Å². The van der Waals surface area contributed by atoms with Crippen LogP contribution in [0, 0.1) is 5.92 Å². The Bertz CT molecular complexity index is 406. The molecule has 1 heterocycles. The maximum atomic E-state index is 12.0. The van der Waals surface area contributed by atoms with Gasteiger partial charge in [0.15, 0.2) is 6.61 Å². The summed E-state index contributed by atoms with van der Waals surface area (Å²) in [6, 6.07) is 3.48. The van der Waals surface area contributed by atoms with Crippen molar-refractivity contribution in [1.82, 2.24) is 4.98 Å². The first kappa shape index (κ1) is 17.6. The molecule has 0 bridgehead atoms. The average Bonchev–Trinajstić information content (AvgIpc) is 2.44. The Balaban J connectivity index is 2.53. The van der Waals surface area contributed by atoms with Crippen LogP contribution < -0.4 is 10.1 Å². The number of rotatable bonds is 8. The highest BCUT2D eigenvalue weighted by atomic mass is 19.4. The molecule has 1 N–H and O–H groups in total. The summed E-state index contributed by atoms with van der Waals surface area (Å²) in [5, 5.41) is 3.35. The lowest BCUT2D eigenvalue weighted by molar-refractivity contribution is -0.154. The standard InChI is InChI=1S/C15H23F3N2O/c1-4-11(3)8-12(5-2)20-13-6-7-14(19-9-13)21-10-15(16,17)18/h6-7,9,11-12,20H,4-5,8,10H2,1-3H3. The number of pyridine rings is 1. The van der Waals surface area contributed by atoms with Crippen molar-refractivity contribution >= 4 is 5.69 Å². The van der Waals surface area contributed by atoms with Gasteiger partial charge < -0.3 is 10.1 Å². The molecule has 0 spiro atoms. The Morgan fingerprint density at radius 2 is 1.95 bits per heavy atom. The molecule has 3 nitrogen and oxygen atoms in total. The summed E-state index contributed by atoms with van der Waals surface area (Å²) in [5.74, 6) is 0.609. The minimum absolute atomic E-state index is 0.0205. The topological polar surface area (TPSA) is 34.1 Å². The van der Waals surface area contributed by atoms with E-state index < -0.39 is 12.8 Å². The second-order valence-electron chi connectivity index (χ2n) is 5.29. The van der Waals surface area contributed by atoms with Gasteiger partial charge in [-0.15, -0.1) is 0 Å². The summed E-state index contributed by atoms with van der Waals surface area (Å²) in [6.45, 7) is 5.15. The molecular formula is C15H23F3N2O. The number of alkyl halides is 3. The molecule has 0 aromatic carbocycles. The van der Waals surface area contributed by atoms with E-state index in [9.17, 15) is 13.2 Å². The Hall–Kier alpha value is -1.46. The van der Waals surface area contributed by atoms with Gasteiger partial charge in [0.25, 0.3) is 0 Å². The molecular weight excluding hydrogens is 281 g/mol. The number of aromatic nitrogens is 1. The second kappa shape index (κ2) is 8.10. The number of nitrogens with zero attached hydrogens (tertiary/aromatic N) is 1. The SMILES string of the molecule is CCC(C)CC(CC)Nc1ccc(OCC(F)(F)F)nc1. The number of hydrogen-bond donors (Lipinski definition) is 1. The predicted molar refractivity (Wildman–Crippen MR) is 77.6 cm³/mol. The van der Waals surface area contributed by atoms with Crippen molar-refractivity contribution in [3.05, 3.63) is 18.3 Å². The van der Waals surface area contributed by atoms with Crippen LogP contribution in [0.4, 0.5) is 18.9 Å². The molecule has 0 radical (unpaired) electrons. The molecule has 21 heavy (non-hydrogen) atoms. The third kappa shape index (κ3) is 7.20. The molecule has 0 amide bonds. The highest BCUT2D eigenvalue weighted by Crippen LogP contribution is 2.20. The predicted octanol–water partition coefficient (Wildman–Crippen LogP) is 4.65. The molecule has 0 fully saturated rings. The van der Waals surface area contributed by atoms with Crippen LogP contribution >= 0.6 is 0 Å². The summed E-state index contributed by atoms with van der Waals surface area (Å²) < 4.78 is 40.7. The Morgan fingerprint density at radius 3 is 2.43 bits per heavy atom. The molecule has 120 valence electrons. The molecule has 2 unspecified atom stereocenters. The fourth-order valence-electron chi connectivity index (χ4n) is 1.92. The van der Waals surface area contributed by atoms with E-state index in [0.29, 0.717) is 12.0 Å². The molecule has 6 heteroatoms. The molecule has 0 saturated heterocycles. The van der Waals surface area contributed by atoms with Crippen molar-refractivity contribution < 1.29 is 17.9 Å². The molecule has 0 aliphatic carbocycles. The number of anilines is 1. The van der Waals surface area contributed by atoms with Crippen LogP contribution in [0.1, 0.15) is 40.0 Å². The van der Waals surface area contributed by atoms with Crippen LogP contribution in [0.25, 0.3) is 0 Å². The zero-order valence-corrected chi connectivity index (χ0v) is 12.7. The Kier molecular flexibility index (Phi) is 6.78. The van der Waals surface area contributed by atoms with Crippen LogP contribution in [0.5, 0.6) is 5.88 Å². The van der Waals surface area contributed by atoms with E-state index in [1.807, 2.05) is 0 Å². The van der Waals surface area contributed by atoms with Crippen molar-refractivity contribution in [1.29, 1.82) is 0 Å². The molecule has 1 rings (SSSR count). The van der Waals surface area contributed by atoms with Gasteiger partial charge in [-0.05, 0) is 24.8 Å². The number of halogens is 3. The molecule has 0 aliphatic rings. The van der Waals surface area contributed by atoms with E-state index in [1.165, 1.54) is 12.3 Å². The van der Waals surface area contributed by atoms with Crippen LogP contribution in [-0.4, -0.2) is 23.8 Å². The molecule has 0 saturated carbocycles. The summed E-state index contributed by atoms with van der Waals surface area (Å²) in [4.78, 5) is 3.88. The second-order valence-corrected chi connectivity index (χ2v) is 5.29. The van der Waals surface area contributed by atoms with Gasteiger partial charge in [-0.25, -0.2) is 4.98 Å². The maximum Gasteiger partial charge on any atom is 0.422 e. The smallest absolute Gasteiger partial charge is 0.422 e. The average molecular weight is 304 g/mol. The zero-order valence-electron chi connectivity index (χ0n) is 12.7. The van der Waals surface area contributed by atoms with Crippen molar-refractivity contribution in [2.75, 3.05) is 11.9 Å². The first-order valence-corrected chi connectivity index (χ1v) is 7.26. The van der Waals surface area contributed by atoms with E-state index in [0.717, 1.165) is 24.9 Å². The summed E-state index contributed by atoms with van der Waals surface area (Å²) in [6.07, 6.45) is 0.323. The van der Waals surface area contributed by atoms with Gasteiger partial charge in [0, 0.05) is 12.1 Å². The van der Waals surface area contributed by atoms with Gasteiger partial charge in [0.1, 0.15) is 0 Å². The van der Waals surface area contributed by atoms with Gasteiger partial charge in [-0.2, -0.15) is 13.2 Å². The van der Waals surface area contributed by atoms with Crippen LogP contribution in [0.2, 0.25) is 0 Å². The lowest BCUT2D eigenvalue weighted by atomic mass is 9.98. The van der Waals surface area contributed by atoms with Gasteiger partial charge in [0.2, 0.25) is 5.88 Å². The highest BCUT2D eigenvalue weighted by molar-refractivity contribution is 5.42. The van der Waals surface area contributed by atoms with Crippen molar-refractivity contribution in [2.24, 2.45) is 5.92 Å². The molecule has 1 aromatic rings. The minimum Gasteiger partial charge on any atom is -0.468 e. The largest absolute Gasteiger partial charge is 0.468 e. The number of hydrogen-bond acceptors (Lipinski definition) is 3. The van der Waals surface area contributed by atoms with Crippen LogP contribution in [0.3, 0.4) is 0 Å².